The summed E-state index contributed by atoms with van der Waals surface area (Å²) < 4.78 is 0. The van der Waals surface area contributed by atoms with Crippen LogP contribution in [0.5, 0.6) is 0 Å². The molecule has 3 aliphatic heterocycles. The fourth-order valence-corrected chi connectivity index (χ4v) is 9.61. The Balaban J connectivity index is 1.35. The van der Waals surface area contributed by atoms with E-state index < -0.39 is 0 Å². The molecular weight excluding hydrogens is 651 g/mol. The summed E-state index contributed by atoms with van der Waals surface area (Å²) in [6, 6.07) is 46.8. The van der Waals surface area contributed by atoms with Crippen molar-refractivity contribution in [2.75, 3.05) is 9.71 Å². The van der Waals surface area contributed by atoms with E-state index >= 15 is 0 Å². The van der Waals surface area contributed by atoms with Crippen molar-refractivity contribution in [2.24, 2.45) is 0 Å². The number of para-hydroxylation sites is 2. The highest BCUT2D eigenvalue weighted by atomic mass is 15.2. The van der Waals surface area contributed by atoms with Gasteiger partial charge in [-0.25, -0.2) is 0 Å². The molecule has 3 aliphatic rings. The number of benzene rings is 6. The van der Waals surface area contributed by atoms with E-state index in [1.807, 2.05) is 0 Å². The first-order valence-corrected chi connectivity index (χ1v) is 19.8. The van der Waals surface area contributed by atoms with Crippen molar-refractivity contribution in [3.05, 3.63) is 160 Å². The van der Waals surface area contributed by atoms with Gasteiger partial charge in [0.1, 0.15) is 0 Å². The van der Waals surface area contributed by atoms with Crippen molar-refractivity contribution in [2.45, 2.75) is 97.8 Å². The van der Waals surface area contributed by atoms with Crippen LogP contribution in [0.2, 0.25) is 0 Å². The monoisotopic (exact) mass is 704 g/mol. The predicted octanol–water partition coefficient (Wildman–Crippen LogP) is 12.3. The largest absolute Gasteiger partial charge is 0.376 e. The molecule has 0 radical (unpaired) electrons. The molecule has 0 atom stereocenters. The van der Waals surface area contributed by atoms with Gasteiger partial charge >= 0.3 is 6.85 Å². The molecular formula is C51H53BN2. The zero-order valence-electron chi connectivity index (χ0n) is 34.0. The van der Waals surface area contributed by atoms with Gasteiger partial charge in [-0.05, 0) is 98.6 Å². The van der Waals surface area contributed by atoms with Crippen LogP contribution in [0.4, 0.5) is 28.4 Å². The third-order valence-corrected chi connectivity index (χ3v) is 12.8. The Morgan fingerprint density at radius 1 is 0.500 bits per heavy atom. The zero-order chi connectivity index (χ0) is 38.1. The average molecular weight is 705 g/mol. The van der Waals surface area contributed by atoms with Gasteiger partial charge in [-0.1, -0.05) is 165 Å². The van der Waals surface area contributed by atoms with Crippen LogP contribution in [0.3, 0.4) is 0 Å². The molecule has 2 nitrogen and oxygen atoms in total. The SMILES string of the molecule is Cc1ccc2c(c1)-c1cc(C(C)(C)C)cc3c1N(B2c1ccc2c(c1)C(C)(C)c1ccccc1N2c1ccccc1)c1ccc(C(C)(C)C)cc1C3(C)C. The molecule has 3 heterocycles. The normalized spacial score (nSPS) is 16.2. The molecule has 0 saturated carbocycles. The quantitative estimate of drug-likeness (QED) is 0.166. The van der Waals surface area contributed by atoms with E-state index in [1.165, 1.54) is 89.4 Å². The van der Waals surface area contributed by atoms with E-state index in [9.17, 15) is 0 Å². The lowest BCUT2D eigenvalue weighted by atomic mass is 9.44. The molecule has 0 aromatic heterocycles. The Bertz CT molecular complexity index is 2490. The van der Waals surface area contributed by atoms with Crippen molar-refractivity contribution < 1.29 is 0 Å². The molecule has 0 fully saturated rings. The van der Waals surface area contributed by atoms with Crippen molar-refractivity contribution in [3.8, 4) is 11.1 Å². The van der Waals surface area contributed by atoms with Crippen LogP contribution in [0, 0.1) is 6.92 Å². The fourth-order valence-electron chi connectivity index (χ4n) is 9.61. The van der Waals surface area contributed by atoms with Crippen LogP contribution in [0.15, 0.2) is 121 Å². The van der Waals surface area contributed by atoms with Gasteiger partial charge in [0.15, 0.2) is 0 Å². The van der Waals surface area contributed by atoms with E-state index in [-0.39, 0.29) is 28.5 Å². The van der Waals surface area contributed by atoms with Gasteiger partial charge in [-0.15, -0.1) is 0 Å². The van der Waals surface area contributed by atoms with Gasteiger partial charge in [-0.2, -0.15) is 0 Å². The highest BCUT2D eigenvalue weighted by Crippen LogP contribution is 2.56. The fraction of sp³-hybridized carbons (Fsp3) is 0.294. The summed E-state index contributed by atoms with van der Waals surface area (Å²) in [4.78, 5) is 5.19. The summed E-state index contributed by atoms with van der Waals surface area (Å²) in [5.41, 5.74) is 21.0. The van der Waals surface area contributed by atoms with Crippen LogP contribution in [-0.4, -0.2) is 6.85 Å². The van der Waals surface area contributed by atoms with Crippen LogP contribution in [0.1, 0.15) is 108 Å². The Morgan fingerprint density at radius 2 is 1.11 bits per heavy atom. The first-order valence-electron chi connectivity index (χ1n) is 19.8. The van der Waals surface area contributed by atoms with Crippen LogP contribution >= 0.6 is 0 Å². The minimum atomic E-state index is -0.202. The molecule has 0 bridgehead atoms. The molecule has 0 aliphatic carbocycles. The van der Waals surface area contributed by atoms with Gasteiger partial charge in [0.2, 0.25) is 0 Å². The van der Waals surface area contributed by atoms with Crippen molar-refractivity contribution in [3.63, 3.8) is 0 Å². The lowest BCUT2D eigenvalue weighted by Crippen LogP contribution is -2.59. The standard InChI is InChI=1S/C51H53BN2/c1-32-21-24-43-37(27-32)38-28-34(49(5,6)7)30-42-47(38)54(46-25-22-33(48(2,3)4)29-40(46)51(42,10)11)52(43)35-23-26-45-41(31-35)50(8,9)39-19-15-16-20-44(39)53(45)36-17-13-12-14-18-36/h12-31H,1-11H3. The second kappa shape index (κ2) is 11.5. The first kappa shape index (κ1) is 34.7. The molecule has 270 valence electrons. The molecule has 0 unspecified atom stereocenters. The van der Waals surface area contributed by atoms with Crippen LogP contribution in [-0.2, 0) is 21.7 Å². The predicted molar refractivity (Wildman–Crippen MR) is 233 cm³/mol. The topological polar surface area (TPSA) is 6.48 Å². The van der Waals surface area contributed by atoms with Gasteiger partial charge in [0, 0.05) is 33.5 Å². The highest BCUT2D eigenvalue weighted by molar-refractivity contribution is 6.91. The molecule has 6 aromatic rings. The smallest absolute Gasteiger partial charge is 0.328 e. The van der Waals surface area contributed by atoms with Gasteiger partial charge in [-0.3, -0.25) is 0 Å². The third kappa shape index (κ3) is 5.00. The minimum absolute atomic E-state index is 0.00576. The molecule has 54 heavy (non-hydrogen) atoms. The maximum Gasteiger partial charge on any atom is 0.328 e. The third-order valence-electron chi connectivity index (χ3n) is 12.8. The number of hydrogen-bond donors (Lipinski definition) is 0. The van der Waals surface area contributed by atoms with E-state index in [0.29, 0.717) is 0 Å². The van der Waals surface area contributed by atoms with E-state index in [4.69, 9.17) is 0 Å². The van der Waals surface area contributed by atoms with Gasteiger partial charge in [0.25, 0.3) is 0 Å². The van der Waals surface area contributed by atoms with Crippen molar-refractivity contribution in [1.29, 1.82) is 0 Å². The molecule has 6 aromatic carbocycles. The summed E-state index contributed by atoms with van der Waals surface area (Å²) >= 11 is 0. The van der Waals surface area contributed by atoms with Crippen molar-refractivity contribution >= 4 is 46.2 Å². The first-order chi connectivity index (χ1) is 25.5. The Labute approximate surface area is 324 Å². The summed E-state index contributed by atoms with van der Waals surface area (Å²) in [6.45, 7) is 26.0. The number of hydrogen-bond acceptors (Lipinski definition) is 2. The maximum atomic E-state index is 2.72. The molecule has 0 saturated heterocycles. The minimum Gasteiger partial charge on any atom is -0.376 e. The Kier molecular flexibility index (Phi) is 7.40. The maximum absolute atomic E-state index is 2.72. The average Bonchev–Trinajstić information content (AvgIpc) is 3.13. The summed E-state index contributed by atoms with van der Waals surface area (Å²) in [7, 11) is 0. The van der Waals surface area contributed by atoms with E-state index in [0.717, 1.165) is 0 Å². The Morgan fingerprint density at radius 3 is 1.83 bits per heavy atom. The van der Waals surface area contributed by atoms with E-state index in [2.05, 4.69) is 207 Å². The summed E-state index contributed by atoms with van der Waals surface area (Å²) in [5, 5.41) is 0. The number of anilines is 5. The van der Waals surface area contributed by atoms with Crippen LogP contribution < -0.4 is 20.6 Å². The molecule has 3 heteroatoms. The second-order valence-electron chi connectivity index (χ2n) is 19.2. The Hall–Kier alpha value is -5.02. The van der Waals surface area contributed by atoms with Gasteiger partial charge < -0.3 is 9.71 Å². The molecule has 0 N–H and O–H groups in total. The summed E-state index contributed by atoms with van der Waals surface area (Å²) in [5.74, 6) is 0. The molecule has 0 spiro atoms. The van der Waals surface area contributed by atoms with Crippen molar-refractivity contribution in [1.82, 2.24) is 0 Å². The second-order valence-corrected chi connectivity index (χ2v) is 19.2. The number of aryl methyl sites for hydroxylation is 1. The number of rotatable bonds is 2. The van der Waals surface area contributed by atoms with Crippen LogP contribution in [0.25, 0.3) is 11.1 Å². The lowest BCUT2D eigenvalue weighted by Gasteiger charge is -2.50. The number of fused-ring (bicyclic) bond motifs is 6. The highest BCUT2D eigenvalue weighted by Gasteiger charge is 2.48. The lowest BCUT2D eigenvalue weighted by molar-refractivity contribution is 0.574. The molecule has 0 amide bonds. The van der Waals surface area contributed by atoms with E-state index in [1.54, 1.807) is 0 Å². The zero-order valence-corrected chi connectivity index (χ0v) is 34.0. The number of nitrogens with zero attached hydrogens (tertiary/aromatic N) is 2. The molecule has 9 rings (SSSR count). The van der Waals surface area contributed by atoms with Gasteiger partial charge in [0.05, 0.1) is 11.4 Å². The summed E-state index contributed by atoms with van der Waals surface area (Å²) in [6.07, 6.45) is 0.